The van der Waals surface area contributed by atoms with Gasteiger partial charge in [0.1, 0.15) is 23.1 Å². The Bertz CT molecular complexity index is 655. The van der Waals surface area contributed by atoms with Gasteiger partial charge < -0.3 is 14.5 Å². The number of rotatable bonds is 6. The van der Waals surface area contributed by atoms with Crippen LogP contribution in [0.25, 0.3) is 0 Å². The van der Waals surface area contributed by atoms with E-state index in [1.54, 1.807) is 30.3 Å². The molecule has 0 bridgehead atoms. The van der Waals surface area contributed by atoms with Crippen molar-refractivity contribution in [2.75, 3.05) is 0 Å². The molecular formula is C16H17Cl2NO3. The Morgan fingerprint density at radius 3 is 2.82 bits per heavy atom. The molecule has 0 fully saturated rings. The highest BCUT2D eigenvalue weighted by molar-refractivity contribution is 6.42. The van der Waals surface area contributed by atoms with Crippen LogP contribution in [0.15, 0.2) is 34.7 Å². The van der Waals surface area contributed by atoms with E-state index in [2.05, 4.69) is 5.32 Å². The van der Waals surface area contributed by atoms with Crippen molar-refractivity contribution in [2.45, 2.75) is 32.9 Å². The molecule has 0 aliphatic carbocycles. The second-order valence-corrected chi connectivity index (χ2v) is 5.67. The lowest BCUT2D eigenvalue weighted by Crippen LogP contribution is -2.31. The molecule has 22 heavy (non-hydrogen) atoms. The van der Waals surface area contributed by atoms with Crippen LogP contribution in [0.5, 0.6) is 5.75 Å². The van der Waals surface area contributed by atoms with Gasteiger partial charge in [-0.15, -0.1) is 0 Å². The number of ether oxygens (including phenoxy) is 1. The van der Waals surface area contributed by atoms with Gasteiger partial charge in [-0.05, 0) is 37.6 Å². The Morgan fingerprint density at radius 1 is 1.32 bits per heavy atom. The normalized spacial score (nSPS) is 12.0. The van der Waals surface area contributed by atoms with Crippen molar-refractivity contribution in [1.29, 1.82) is 0 Å². The largest absolute Gasteiger partial charge is 0.484 e. The SMILES string of the molecule is CCC(C)NC(=O)c1ccc(COc2cccc(Cl)c2Cl)o1. The highest BCUT2D eigenvalue weighted by Gasteiger charge is 2.14. The average Bonchev–Trinajstić information content (AvgIpc) is 2.97. The number of nitrogens with one attached hydrogen (secondary N) is 1. The van der Waals surface area contributed by atoms with Gasteiger partial charge >= 0.3 is 0 Å². The van der Waals surface area contributed by atoms with Crippen molar-refractivity contribution in [3.05, 3.63) is 51.9 Å². The predicted octanol–water partition coefficient (Wildman–Crippen LogP) is 4.69. The smallest absolute Gasteiger partial charge is 0.287 e. The summed E-state index contributed by atoms with van der Waals surface area (Å²) in [4.78, 5) is 11.9. The van der Waals surface area contributed by atoms with Crippen LogP contribution in [0.1, 0.15) is 36.6 Å². The minimum Gasteiger partial charge on any atom is -0.484 e. The van der Waals surface area contributed by atoms with Crippen LogP contribution in [-0.4, -0.2) is 11.9 Å². The molecule has 2 rings (SSSR count). The Balaban J connectivity index is 1.97. The lowest BCUT2D eigenvalue weighted by atomic mass is 10.2. The third kappa shape index (κ3) is 4.18. The minimum atomic E-state index is -0.235. The van der Waals surface area contributed by atoms with Gasteiger partial charge in [0.05, 0.1) is 5.02 Å². The van der Waals surface area contributed by atoms with E-state index >= 15 is 0 Å². The first kappa shape index (κ1) is 16.7. The summed E-state index contributed by atoms with van der Waals surface area (Å²) in [6, 6.07) is 8.56. The Labute approximate surface area is 139 Å². The van der Waals surface area contributed by atoms with E-state index in [0.29, 0.717) is 21.6 Å². The Kier molecular flexibility index (Phi) is 5.75. The molecule has 0 aliphatic heterocycles. The minimum absolute atomic E-state index is 0.0996. The molecule has 1 amide bonds. The first-order chi connectivity index (χ1) is 10.5. The van der Waals surface area contributed by atoms with E-state index in [1.807, 2.05) is 13.8 Å². The van der Waals surface area contributed by atoms with E-state index in [1.165, 1.54) is 0 Å². The van der Waals surface area contributed by atoms with E-state index in [9.17, 15) is 4.79 Å². The summed E-state index contributed by atoms with van der Waals surface area (Å²) in [6.07, 6.45) is 0.857. The molecule has 0 saturated heterocycles. The number of hydrogen-bond donors (Lipinski definition) is 1. The molecule has 0 aliphatic rings. The number of carbonyl (C=O) groups is 1. The summed E-state index contributed by atoms with van der Waals surface area (Å²) < 4.78 is 11.0. The van der Waals surface area contributed by atoms with Gasteiger partial charge in [-0.2, -0.15) is 0 Å². The molecule has 1 aromatic heterocycles. The van der Waals surface area contributed by atoms with Crippen molar-refractivity contribution in [3.8, 4) is 5.75 Å². The van der Waals surface area contributed by atoms with Crippen LogP contribution < -0.4 is 10.1 Å². The number of benzene rings is 1. The second kappa shape index (κ2) is 7.56. The van der Waals surface area contributed by atoms with Crippen molar-refractivity contribution >= 4 is 29.1 Å². The molecule has 0 radical (unpaired) electrons. The van der Waals surface area contributed by atoms with E-state index in [0.717, 1.165) is 6.42 Å². The lowest BCUT2D eigenvalue weighted by Gasteiger charge is -2.09. The fourth-order valence-corrected chi connectivity index (χ4v) is 2.07. The molecule has 1 N–H and O–H groups in total. The lowest BCUT2D eigenvalue weighted by molar-refractivity contribution is 0.0907. The van der Waals surface area contributed by atoms with Crippen LogP contribution in [0.4, 0.5) is 0 Å². The zero-order valence-electron chi connectivity index (χ0n) is 12.4. The fraction of sp³-hybridized carbons (Fsp3) is 0.312. The van der Waals surface area contributed by atoms with Crippen LogP contribution in [0, 0.1) is 0 Å². The van der Waals surface area contributed by atoms with Gasteiger partial charge in [0, 0.05) is 6.04 Å². The van der Waals surface area contributed by atoms with Gasteiger partial charge in [0.15, 0.2) is 5.76 Å². The third-order valence-corrected chi connectivity index (χ3v) is 3.96. The second-order valence-electron chi connectivity index (χ2n) is 4.89. The monoisotopic (exact) mass is 341 g/mol. The molecule has 0 spiro atoms. The molecular weight excluding hydrogens is 325 g/mol. The molecule has 1 atom stereocenters. The highest BCUT2D eigenvalue weighted by Crippen LogP contribution is 2.32. The number of amides is 1. The number of halogens is 2. The number of carbonyl (C=O) groups excluding carboxylic acids is 1. The van der Waals surface area contributed by atoms with Gasteiger partial charge in [-0.3, -0.25) is 4.79 Å². The summed E-state index contributed by atoms with van der Waals surface area (Å²) >= 11 is 12.0. The zero-order chi connectivity index (χ0) is 16.1. The third-order valence-electron chi connectivity index (χ3n) is 3.16. The van der Waals surface area contributed by atoms with Crippen molar-refractivity contribution in [1.82, 2.24) is 5.32 Å². The van der Waals surface area contributed by atoms with Crippen molar-refractivity contribution < 1.29 is 13.9 Å². The molecule has 0 saturated carbocycles. The maximum absolute atomic E-state index is 11.9. The summed E-state index contributed by atoms with van der Waals surface area (Å²) in [6.45, 7) is 4.10. The fourth-order valence-electron chi connectivity index (χ4n) is 1.72. The van der Waals surface area contributed by atoms with Gasteiger partial charge in [-0.1, -0.05) is 36.2 Å². The van der Waals surface area contributed by atoms with E-state index in [4.69, 9.17) is 32.4 Å². The standard InChI is InChI=1S/C16H17Cl2NO3/c1-3-10(2)19-16(20)14-8-7-11(22-14)9-21-13-6-4-5-12(17)15(13)18/h4-8,10H,3,9H2,1-2H3,(H,19,20). The van der Waals surface area contributed by atoms with Crippen molar-refractivity contribution in [3.63, 3.8) is 0 Å². The van der Waals surface area contributed by atoms with E-state index in [-0.39, 0.29) is 24.3 Å². The molecule has 6 heteroatoms. The molecule has 1 heterocycles. The van der Waals surface area contributed by atoms with Crippen LogP contribution in [0.2, 0.25) is 10.0 Å². The first-order valence-corrected chi connectivity index (χ1v) is 7.73. The Morgan fingerprint density at radius 2 is 2.09 bits per heavy atom. The maximum atomic E-state index is 11.9. The zero-order valence-corrected chi connectivity index (χ0v) is 13.9. The molecule has 1 unspecified atom stereocenters. The predicted molar refractivity (Wildman–Crippen MR) is 86.7 cm³/mol. The summed E-state index contributed by atoms with van der Waals surface area (Å²) in [5.74, 6) is 1.03. The van der Waals surface area contributed by atoms with E-state index < -0.39 is 0 Å². The van der Waals surface area contributed by atoms with Gasteiger partial charge in [0.2, 0.25) is 0 Å². The van der Waals surface area contributed by atoms with Gasteiger partial charge in [-0.25, -0.2) is 0 Å². The summed E-state index contributed by atoms with van der Waals surface area (Å²) in [5.41, 5.74) is 0. The molecule has 118 valence electrons. The van der Waals surface area contributed by atoms with Crippen LogP contribution in [0.3, 0.4) is 0 Å². The molecule has 2 aromatic rings. The topological polar surface area (TPSA) is 51.5 Å². The number of furan rings is 1. The molecule has 4 nitrogen and oxygen atoms in total. The van der Waals surface area contributed by atoms with Crippen molar-refractivity contribution in [2.24, 2.45) is 0 Å². The quantitative estimate of drug-likeness (QED) is 0.828. The number of hydrogen-bond acceptors (Lipinski definition) is 3. The molecule has 1 aromatic carbocycles. The summed E-state index contributed by atoms with van der Waals surface area (Å²) in [5, 5.41) is 3.61. The van der Waals surface area contributed by atoms with Gasteiger partial charge in [0.25, 0.3) is 5.91 Å². The average molecular weight is 342 g/mol. The maximum Gasteiger partial charge on any atom is 0.287 e. The first-order valence-electron chi connectivity index (χ1n) is 6.97. The highest BCUT2D eigenvalue weighted by atomic mass is 35.5. The summed E-state index contributed by atoms with van der Waals surface area (Å²) in [7, 11) is 0. The Hall–Kier alpha value is -1.65. The van der Waals surface area contributed by atoms with Crippen LogP contribution >= 0.6 is 23.2 Å². The van der Waals surface area contributed by atoms with Crippen LogP contribution in [-0.2, 0) is 6.61 Å².